The van der Waals surface area contributed by atoms with Crippen LogP contribution in [0.1, 0.15) is 131 Å². The lowest BCUT2D eigenvalue weighted by Crippen LogP contribution is -2.36. The van der Waals surface area contributed by atoms with E-state index in [9.17, 15) is 10.2 Å². The van der Waals surface area contributed by atoms with Crippen LogP contribution in [0.2, 0.25) is 0 Å². The molecule has 3 aliphatic carbocycles. The molecule has 3 fully saturated rings. The normalized spacial score (nSPS) is 32.9. The van der Waals surface area contributed by atoms with Gasteiger partial charge in [0.2, 0.25) is 0 Å². The Balaban J connectivity index is 0.00000129. The lowest BCUT2D eigenvalue weighted by molar-refractivity contribution is 0.0178. The molecule has 3 aliphatic rings. The minimum Gasteiger partial charge on any atom is -0.390 e. The predicted molar refractivity (Wildman–Crippen MR) is 148 cm³/mol. The van der Waals surface area contributed by atoms with E-state index in [1.807, 2.05) is 0 Å². The van der Waals surface area contributed by atoms with Gasteiger partial charge in [0.25, 0.3) is 0 Å². The molecule has 34 heavy (non-hydrogen) atoms. The van der Waals surface area contributed by atoms with Crippen LogP contribution in [0.25, 0.3) is 0 Å². The highest BCUT2D eigenvalue weighted by atomic mass is 16.3. The van der Waals surface area contributed by atoms with Crippen molar-refractivity contribution in [2.75, 3.05) is 0 Å². The molecule has 0 saturated heterocycles. The molecule has 196 valence electrons. The molecule has 2 nitrogen and oxygen atoms in total. The maximum atomic E-state index is 10.6. The van der Waals surface area contributed by atoms with E-state index >= 15 is 0 Å². The highest BCUT2D eigenvalue weighted by Gasteiger charge is 2.50. The van der Waals surface area contributed by atoms with Gasteiger partial charge >= 0.3 is 0 Å². The number of fused-ring (bicyclic) bond motifs is 1. The average molecular weight is 473 g/mol. The molecule has 0 bridgehead atoms. The molecular weight excluding hydrogens is 416 g/mol. The van der Waals surface area contributed by atoms with E-state index in [1.54, 1.807) is 5.57 Å². The fourth-order valence-corrected chi connectivity index (χ4v) is 7.13. The first-order chi connectivity index (χ1) is 16.1. The second kappa shape index (κ2) is 13.4. The molecule has 0 aromatic carbocycles. The van der Waals surface area contributed by atoms with Crippen molar-refractivity contribution in [3.63, 3.8) is 0 Å². The van der Waals surface area contributed by atoms with Crippen LogP contribution >= 0.6 is 0 Å². The molecular formula is C32H56O2. The van der Waals surface area contributed by atoms with E-state index in [1.165, 1.54) is 50.5 Å². The van der Waals surface area contributed by atoms with E-state index < -0.39 is 5.60 Å². The molecule has 0 aromatic heterocycles. The Morgan fingerprint density at radius 2 is 1.76 bits per heavy atom. The van der Waals surface area contributed by atoms with Gasteiger partial charge in [-0.1, -0.05) is 90.7 Å². The van der Waals surface area contributed by atoms with Gasteiger partial charge in [-0.2, -0.15) is 0 Å². The fourth-order valence-electron chi connectivity index (χ4n) is 7.13. The predicted octanol–water partition coefficient (Wildman–Crippen LogP) is 8.93. The molecule has 0 amide bonds. The van der Waals surface area contributed by atoms with E-state index in [0.717, 1.165) is 68.3 Å². The Labute approximate surface area is 212 Å². The second-order valence-electron chi connectivity index (χ2n) is 12.0. The number of aliphatic hydroxyl groups is 2. The van der Waals surface area contributed by atoms with Crippen molar-refractivity contribution in [3.8, 4) is 0 Å². The SMILES string of the molecule is C=C1CC/C(=C/C=C2\CCC[C@@]3(C)C2CCC3[C@@H](C)CCCC(O)(CC)CC)C[C@H]1O.CCC. The van der Waals surface area contributed by atoms with E-state index in [4.69, 9.17) is 0 Å². The quantitative estimate of drug-likeness (QED) is 0.346. The topological polar surface area (TPSA) is 40.5 Å². The Morgan fingerprint density at radius 1 is 1.09 bits per heavy atom. The minimum absolute atomic E-state index is 0.343. The maximum absolute atomic E-state index is 10.6. The molecule has 0 aliphatic heterocycles. The molecule has 2 unspecified atom stereocenters. The number of aliphatic hydroxyl groups excluding tert-OH is 1. The van der Waals surface area contributed by atoms with Crippen LogP contribution in [0.15, 0.2) is 35.5 Å². The summed E-state index contributed by atoms with van der Waals surface area (Å²) in [6, 6.07) is 0. The summed E-state index contributed by atoms with van der Waals surface area (Å²) >= 11 is 0. The summed E-state index contributed by atoms with van der Waals surface area (Å²) < 4.78 is 0. The van der Waals surface area contributed by atoms with Crippen molar-refractivity contribution in [1.82, 2.24) is 0 Å². The van der Waals surface area contributed by atoms with Gasteiger partial charge in [0.1, 0.15) is 0 Å². The van der Waals surface area contributed by atoms with Gasteiger partial charge < -0.3 is 10.2 Å². The van der Waals surface area contributed by atoms with Crippen LogP contribution in [0.5, 0.6) is 0 Å². The van der Waals surface area contributed by atoms with Gasteiger partial charge in [0, 0.05) is 0 Å². The zero-order valence-electron chi connectivity index (χ0n) is 23.5. The third-order valence-corrected chi connectivity index (χ3v) is 9.57. The van der Waals surface area contributed by atoms with Gasteiger partial charge in [-0.15, -0.1) is 0 Å². The van der Waals surface area contributed by atoms with Crippen LogP contribution in [0.3, 0.4) is 0 Å². The number of rotatable bonds is 8. The summed E-state index contributed by atoms with van der Waals surface area (Å²) in [6.07, 6.45) is 20.2. The summed E-state index contributed by atoms with van der Waals surface area (Å²) in [5.41, 5.74) is 4.05. The highest BCUT2D eigenvalue weighted by molar-refractivity contribution is 5.28. The smallest absolute Gasteiger partial charge is 0.0784 e. The summed E-state index contributed by atoms with van der Waals surface area (Å²) in [7, 11) is 0. The lowest BCUT2D eigenvalue weighted by Gasteiger charge is -2.44. The largest absolute Gasteiger partial charge is 0.390 e. The van der Waals surface area contributed by atoms with Crippen LogP contribution in [-0.4, -0.2) is 21.9 Å². The molecule has 5 atom stereocenters. The molecule has 3 rings (SSSR count). The molecule has 2 N–H and O–H groups in total. The highest BCUT2D eigenvalue weighted by Crippen LogP contribution is 2.60. The van der Waals surface area contributed by atoms with Crippen molar-refractivity contribution in [2.24, 2.45) is 23.2 Å². The van der Waals surface area contributed by atoms with Gasteiger partial charge in [-0.3, -0.25) is 0 Å². The van der Waals surface area contributed by atoms with Crippen molar-refractivity contribution in [2.45, 2.75) is 143 Å². The van der Waals surface area contributed by atoms with Crippen LogP contribution < -0.4 is 0 Å². The zero-order valence-corrected chi connectivity index (χ0v) is 23.5. The molecule has 3 saturated carbocycles. The summed E-state index contributed by atoms with van der Waals surface area (Å²) in [5.74, 6) is 2.28. The van der Waals surface area contributed by atoms with Gasteiger partial charge in [0.15, 0.2) is 0 Å². The van der Waals surface area contributed by atoms with Gasteiger partial charge in [-0.25, -0.2) is 0 Å². The third kappa shape index (κ3) is 7.33. The first-order valence-electron chi connectivity index (χ1n) is 14.6. The monoisotopic (exact) mass is 472 g/mol. The van der Waals surface area contributed by atoms with Gasteiger partial charge in [-0.05, 0) is 99.4 Å². The molecule has 0 aromatic rings. The van der Waals surface area contributed by atoms with Crippen molar-refractivity contribution in [1.29, 1.82) is 0 Å². The van der Waals surface area contributed by atoms with Gasteiger partial charge in [0.05, 0.1) is 11.7 Å². The zero-order chi connectivity index (χ0) is 25.4. The van der Waals surface area contributed by atoms with Crippen molar-refractivity contribution in [3.05, 3.63) is 35.5 Å². The number of hydrogen-bond acceptors (Lipinski definition) is 2. The Morgan fingerprint density at radius 3 is 2.38 bits per heavy atom. The maximum Gasteiger partial charge on any atom is 0.0784 e. The van der Waals surface area contributed by atoms with E-state index in [0.29, 0.717) is 5.41 Å². The second-order valence-corrected chi connectivity index (χ2v) is 12.0. The third-order valence-electron chi connectivity index (χ3n) is 9.57. The average Bonchev–Trinajstić information content (AvgIpc) is 3.17. The lowest BCUT2D eigenvalue weighted by atomic mass is 9.60. The standard InChI is InChI=1S/C29H48O2.C3H8/c1-6-29(31,7-2)19-8-10-21(3)25-16-17-26-24(11-9-18-28(25,26)5)15-14-23-13-12-22(4)27(30)20-23;1-3-2/h14-15,21,25-27,30-31H,4,6-13,16-20H2,1-3,5H3;3H2,1-2H3/b23-14-,24-15+;/t21-,25?,26?,27+,28+;/m0./s1. The number of allylic oxidation sites excluding steroid dienone is 3. The fraction of sp³-hybridized carbons (Fsp3) is 0.812. The van der Waals surface area contributed by atoms with Crippen molar-refractivity contribution >= 4 is 0 Å². The molecule has 2 heteroatoms. The molecule has 0 radical (unpaired) electrons. The Kier molecular flexibility index (Phi) is 11.6. The minimum atomic E-state index is -0.449. The van der Waals surface area contributed by atoms with E-state index in [-0.39, 0.29) is 6.10 Å². The summed E-state index contributed by atoms with van der Waals surface area (Å²) in [5, 5.41) is 20.8. The summed E-state index contributed by atoms with van der Waals surface area (Å²) in [6.45, 7) is 17.5. The number of hydrogen-bond donors (Lipinski definition) is 2. The van der Waals surface area contributed by atoms with Crippen LogP contribution in [0.4, 0.5) is 0 Å². The van der Waals surface area contributed by atoms with E-state index in [2.05, 4.69) is 60.3 Å². The Bertz CT molecular complexity index is 698. The van der Waals surface area contributed by atoms with Crippen molar-refractivity contribution < 1.29 is 10.2 Å². The first kappa shape index (κ1) is 29.4. The summed E-state index contributed by atoms with van der Waals surface area (Å²) in [4.78, 5) is 0. The Hall–Kier alpha value is -0.860. The first-order valence-corrected chi connectivity index (χ1v) is 14.6. The molecule has 0 heterocycles. The van der Waals surface area contributed by atoms with Crippen LogP contribution in [0, 0.1) is 23.2 Å². The van der Waals surface area contributed by atoms with Crippen LogP contribution in [-0.2, 0) is 0 Å². The molecule has 0 spiro atoms.